The maximum absolute atomic E-state index is 13.4. The van der Waals surface area contributed by atoms with Crippen LogP contribution in [0.2, 0.25) is 0 Å². The summed E-state index contributed by atoms with van der Waals surface area (Å²) in [5.74, 6) is 6.12. The van der Waals surface area contributed by atoms with E-state index in [2.05, 4.69) is 10.4 Å². The van der Waals surface area contributed by atoms with Crippen molar-refractivity contribution in [2.24, 2.45) is 5.84 Å². The Bertz CT molecular complexity index is 755. The number of fused-ring (bicyclic) bond motifs is 1. The first-order chi connectivity index (χ1) is 10.2. The topological polar surface area (TPSA) is 64.1 Å². The molecule has 3 aromatic rings. The van der Waals surface area contributed by atoms with Crippen LogP contribution in [0.15, 0.2) is 47.1 Å². The molecule has 1 atom stereocenters. The predicted molar refractivity (Wildman–Crippen MR) is 78.9 cm³/mol. The van der Waals surface area contributed by atoms with Crippen LogP contribution in [0, 0.1) is 12.7 Å². The Kier molecular flexibility index (Phi) is 3.68. The summed E-state index contributed by atoms with van der Waals surface area (Å²) in [4.78, 5) is 4.09. The fraction of sp³-hybridized carbons (Fsp3) is 0.188. The summed E-state index contributed by atoms with van der Waals surface area (Å²) >= 11 is 0. The highest BCUT2D eigenvalue weighted by molar-refractivity contribution is 5.82. The molecule has 1 aromatic carbocycles. The van der Waals surface area contributed by atoms with Gasteiger partial charge in [-0.15, -0.1) is 0 Å². The molecule has 0 saturated carbocycles. The second-order valence-electron chi connectivity index (χ2n) is 5.02. The maximum Gasteiger partial charge on any atom is 0.134 e. The summed E-state index contributed by atoms with van der Waals surface area (Å²) in [7, 11) is 0. The number of rotatable bonds is 4. The summed E-state index contributed by atoms with van der Waals surface area (Å²) in [6.07, 6.45) is 4.17. The first-order valence-electron chi connectivity index (χ1n) is 6.72. The lowest BCUT2D eigenvalue weighted by Crippen LogP contribution is -2.29. The minimum Gasteiger partial charge on any atom is -0.459 e. The van der Waals surface area contributed by atoms with Crippen molar-refractivity contribution in [3.8, 4) is 0 Å². The van der Waals surface area contributed by atoms with Crippen LogP contribution in [-0.4, -0.2) is 4.98 Å². The lowest BCUT2D eigenvalue weighted by Gasteiger charge is -2.14. The van der Waals surface area contributed by atoms with Crippen molar-refractivity contribution in [1.82, 2.24) is 10.4 Å². The zero-order chi connectivity index (χ0) is 14.8. The second-order valence-corrected chi connectivity index (χ2v) is 5.02. The van der Waals surface area contributed by atoms with Gasteiger partial charge in [0.1, 0.15) is 17.2 Å². The summed E-state index contributed by atoms with van der Waals surface area (Å²) < 4.78 is 19.2. The fourth-order valence-corrected chi connectivity index (χ4v) is 2.53. The Balaban J connectivity index is 1.99. The highest BCUT2D eigenvalue weighted by atomic mass is 19.1. The zero-order valence-corrected chi connectivity index (χ0v) is 11.6. The van der Waals surface area contributed by atoms with Crippen LogP contribution in [0.5, 0.6) is 0 Å². The Morgan fingerprint density at radius 2 is 2.24 bits per heavy atom. The van der Waals surface area contributed by atoms with Gasteiger partial charge in [-0.2, -0.15) is 0 Å². The van der Waals surface area contributed by atoms with Gasteiger partial charge in [-0.1, -0.05) is 6.07 Å². The van der Waals surface area contributed by atoms with Crippen molar-refractivity contribution in [2.75, 3.05) is 0 Å². The van der Waals surface area contributed by atoms with E-state index in [4.69, 9.17) is 10.3 Å². The molecular formula is C16H16FN3O. The Morgan fingerprint density at radius 1 is 1.38 bits per heavy atom. The van der Waals surface area contributed by atoms with E-state index >= 15 is 0 Å². The van der Waals surface area contributed by atoms with Gasteiger partial charge in [-0.05, 0) is 43.2 Å². The van der Waals surface area contributed by atoms with Gasteiger partial charge >= 0.3 is 0 Å². The lowest BCUT2D eigenvalue weighted by molar-refractivity contribution is 0.431. The minimum atomic E-state index is -0.275. The van der Waals surface area contributed by atoms with Crippen LogP contribution < -0.4 is 11.3 Å². The zero-order valence-electron chi connectivity index (χ0n) is 11.6. The summed E-state index contributed by atoms with van der Waals surface area (Å²) in [5, 5.41) is 0.774. The molecule has 0 aliphatic carbocycles. The van der Waals surface area contributed by atoms with Crippen molar-refractivity contribution < 1.29 is 8.81 Å². The monoisotopic (exact) mass is 285 g/mol. The number of pyridine rings is 1. The number of benzene rings is 1. The number of furan rings is 1. The summed E-state index contributed by atoms with van der Waals surface area (Å²) in [5.41, 5.74) is 5.38. The Morgan fingerprint density at radius 3 is 2.95 bits per heavy atom. The first kappa shape index (κ1) is 13.7. The van der Waals surface area contributed by atoms with Gasteiger partial charge in [0.25, 0.3) is 0 Å². The summed E-state index contributed by atoms with van der Waals surface area (Å²) in [6.45, 7) is 1.91. The largest absolute Gasteiger partial charge is 0.459 e. The predicted octanol–water partition coefficient (Wildman–Crippen LogP) is 3.02. The molecule has 0 aliphatic rings. The van der Waals surface area contributed by atoms with Crippen molar-refractivity contribution in [2.45, 2.75) is 19.4 Å². The van der Waals surface area contributed by atoms with Crippen LogP contribution in [0.4, 0.5) is 4.39 Å². The van der Waals surface area contributed by atoms with E-state index in [1.165, 1.54) is 12.1 Å². The molecule has 5 heteroatoms. The second kappa shape index (κ2) is 5.63. The number of hydrogen-bond donors (Lipinski definition) is 2. The van der Waals surface area contributed by atoms with Crippen LogP contribution in [0.3, 0.4) is 0 Å². The molecule has 0 amide bonds. The molecule has 108 valence electrons. The van der Waals surface area contributed by atoms with Crippen LogP contribution in [-0.2, 0) is 6.42 Å². The number of nitrogens with zero attached hydrogens (tertiary/aromatic N) is 1. The van der Waals surface area contributed by atoms with E-state index in [0.29, 0.717) is 12.0 Å². The average molecular weight is 285 g/mol. The number of aromatic nitrogens is 1. The molecule has 2 aromatic heterocycles. The van der Waals surface area contributed by atoms with Gasteiger partial charge in [-0.3, -0.25) is 10.8 Å². The van der Waals surface area contributed by atoms with Gasteiger partial charge in [0.2, 0.25) is 0 Å². The van der Waals surface area contributed by atoms with Gasteiger partial charge in [-0.25, -0.2) is 9.82 Å². The molecule has 0 aliphatic heterocycles. The molecule has 0 fully saturated rings. The Hall–Kier alpha value is -2.24. The third-order valence-electron chi connectivity index (χ3n) is 3.62. The molecule has 4 nitrogen and oxygen atoms in total. The van der Waals surface area contributed by atoms with Crippen molar-refractivity contribution >= 4 is 11.0 Å². The van der Waals surface area contributed by atoms with E-state index in [-0.39, 0.29) is 11.9 Å². The molecule has 0 bridgehead atoms. The van der Waals surface area contributed by atoms with E-state index in [1.807, 2.05) is 19.1 Å². The van der Waals surface area contributed by atoms with Gasteiger partial charge in [0.15, 0.2) is 0 Å². The maximum atomic E-state index is 13.4. The quantitative estimate of drug-likeness (QED) is 0.571. The molecular weight excluding hydrogens is 269 g/mol. The highest BCUT2D eigenvalue weighted by Gasteiger charge is 2.20. The molecule has 3 N–H and O–H groups in total. The highest BCUT2D eigenvalue weighted by Crippen LogP contribution is 2.31. The molecule has 0 spiro atoms. The molecule has 0 radical (unpaired) electrons. The smallest absolute Gasteiger partial charge is 0.134 e. The fourth-order valence-electron chi connectivity index (χ4n) is 2.53. The minimum absolute atomic E-state index is 0.190. The average Bonchev–Trinajstić information content (AvgIpc) is 2.83. The number of nitrogens with two attached hydrogens (primary N) is 1. The van der Waals surface area contributed by atoms with E-state index in [9.17, 15) is 4.39 Å². The first-order valence-corrected chi connectivity index (χ1v) is 6.72. The molecule has 21 heavy (non-hydrogen) atoms. The third-order valence-corrected chi connectivity index (χ3v) is 3.62. The van der Waals surface area contributed by atoms with Crippen molar-refractivity contribution in [1.29, 1.82) is 0 Å². The lowest BCUT2D eigenvalue weighted by atomic mass is 10.0. The van der Waals surface area contributed by atoms with Crippen LogP contribution >= 0.6 is 0 Å². The number of aryl methyl sites for hydroxylation is 1. The molecule has 0 saturated heterocycles. The summed E-state index contributed by atoms with van der Waals surface area (Å²) in [6, 6.07) is 8.18. The number of halogens is 1. The van der Waals surface area contributed by atoms with Crippen LogP contribution in [0.25, 0.3) is 11.0 Å². The van der Waals surface area contributed by atoms with Crippen LogP contribution in [0.1, 0.15) is 22.9 Å². The number of hydrazine groups is 1. The van der Waals surface area contributed by atoms with Crippen molar-refractivity contribution in [3.05, 3.63) is 65.4 Å². The standard InChI is InChI=1S/C16H16FN3O/c1-10-13-8-12(17)4-5-15(13)21-16(10)14(20-18)7-11-3-2-6-19-9-11/h2-6,8-9,14,20H,7,18H2,1H3. The van der Waals surface area contributed by atoms with Crippen molar-refractivity contribution in [3.63, 3.8) is 0 Å². The van der Waals surface area contributed by atoms with Gasteiger partial charge in [0.05, 0.1) is 6.04 Å². The van der Waals surface area contributed by atoms with Gasteiger partial charge in [0, 0.05) is 23.3 Å². The molecule has 3 rings (SSSR count). The molecule has 1 unspecified atom stereocenters. The van der Waals surface area contributed by atoms with E-state index in [1.54, 1.807) is 18.5 Å². The van der Waals surface area contributed by atoms with E-state index < -0.39 is 0 Å². The normalized spacial score (nSPS) is 12.7. The molecule has 2 heterocycles. The van der Waals surface area contributed by atoms with Gasteiger partial charge < -0.3 is 4.42 Å². The SMILES string of the molecule is Cc1c(C(Cc2cccnc2)NN)oc2ccc(F)cc12. The number of hydrogen-bond acceptors (Lipinski definition) is 4. The van der Waals surface area contributed by atoms with E-state index in [0.717, 1.165) is 22.3 Å². The number of nitrogens with one attached hydrogen (secondary N) is 1. The Labute approximate surface area is 121 Å². The third kappa shape index (κ3) is 2.66.